The number of piperidine rings is 1. The lowest BCUT2D eigenvalue weighted by atomic mass is 9.53. The first-order chi connectivity index (χ1) is 13.5. The maximum absolute atomic E-state index is 12.5. The fraction of sp³-hybridized carbons (Fsp3) is 0.909. The van der Waals surface area contributed by atoms with Crippen LogP contribution in [0.25, 0.3) is 0 Å². The second-order valence-corrected chi connectivity index (χ2v) is 10.6. The Kier molecular flexibility index (Phi) is 4.80. The van der Waals surface area contributed by atoms with Crippen molar-refractivity contribution in [1.29, 1.82) is 0 Å². The fourth-order valence-electron chi connectivity index (χ4n) is 7.44. The molecule has 2 aliphatic heterocycles. The number of carbonyl (C=O) groups excluding carboxylic acids is 2. The zero-order chi connectivity index (χ0) is 19.2. The maximum atomic E-state index is 12.5. The van der Waals surface area contributed by atoms with Crippen molar-refractivity contribution in [1.82, 2.24) is 20.9 Å². The van der Waals surface area contributed by atoms with Gasteiger partial charge in [0.05, 0.1) is 0 Å². The minimum Gasteiger partial charge on any atom is -0.343 e. The first-order valence-corrected chi connectivity index (χ1v) is 11.6. The van der Waals surface area contributed by atoms with E-state index in [1.807, 2.05) is 4.90 Å². The number of hydrogen-bond acceptors (Lipinski definition) is 3. The smallest absolute Gasteiger partial charge is 0.315 e. The minimum atomic E-state index is -0.0654. The number of nitrogens with zero attached hydrogens (tertiary/aromatic N) is 1. The second-order valence-electron chi connectivity index (χ2n) is 10.6. The highest BCUT2D eigenvalue weighted by Gasteiger charge is 2.51. The standard InChI is InChI=1S/C22H36N4O2/c27-19(26-7-3-21(4-8-26)2-6-23-15-21)1-5-24-20(28)25-22-12-16-9-17(13-22)11-18(10-16)14-22/h16-18,23H,1-15H2,(H2,24,25,28). The Labute approximate surface area is 168 Å². The molecule has 4 bridgehead atoms. The van der Waals surface area contributed by atoms with Crippen LogP contribution in [0.4, 0.5) is 4.79 Å². The van der Waals surface area contributed by atoms with E-state index in [4.69, 9.17) is 0 Å². The molecular weight excluding hydrogens is 352 g/mol. The third kappa shape index (κ3) is 3.64. The van der Waals surface area contributed by atoms with Crippen molar-refractivity contribution in [2.24, 2.45) is 23.2 Å². The van der Waals surface area contributed by atoms with Gasteiger partial charge in [-0.25, -0.2) is 4.79 Å². The van der Waals surface area contributed by atoms with Crippen LogP contribution in [0.3, 0.4) is 0 Å². The summed E-state index contributed by atoms with van der Waals surface area (Å²) in [6.07, 6.45) is 11.5. The SMILES string of the molecule is O=C(NCCC(=O)N1CCC2(CCNC2)CC1)NC12CC3CC(CC(C3)C1)C2. The normalized spacial score (nSPS) is 38.0. The van der Waals surface area contributed by atoms with E-state index in [2.05, 4.69) is 16.0 Å². The Bertz CT molecular complexity index is 583. The van der Waals surface area contributed by atoms with Gasteiger partial charge in [-0.15, -0.1) is 0 Å². The van der Waals surface area contributed by atoms with E-state index in [9.17, 15) is 9.59 Å². The van der Waals surface area contributed by atoms with Crippen LogP contribution in [-0.4, -0.2) is 55.1 Å². The lowest BCUT2D eigenvalue weighted by Gasteiger charge is -2.56. The molecule has 6 heteroatoms. The zero-order valence-corrected chi connectivity index (χ0v) is 17.1. The Morgan fingerprint density at radius 1 is 0.964 bits per heavy atom. The average molecular weight is 389 g/mol. The molecule has 2 saturated heterocycles. The molecule has 4 saturated carbocycles. The largest absolute Gasteiger partial charge is 0.343 e. The van der Waals surface area contributed by atoms with Gasteiger partial charge in [-0.3, -0.25) is 4.79 Å². The molecule has 3 N–H and O–H groups in total. The van der Waals surface area contributed by atoms with Crippen molar-refractivity contribution in [3.63, 3.8) is 0 Å². The quantitative estimate of drug-likeness (QED) is 0.692. The molecule has 6 rings (SSSR count). The second kappa shape index (κ2) is 7.19. The summed E-state index contributed by atoms with van der Waals surface area (Å²) in [6.45, 7) is 4.43. The lowest BCUT2D eigenvalue weighted by molar-refractivity contribution is -0.133. The molecule has 6 aliphatic rings. The highest BCUT2D eigenvalue weighted by molar-refractivity contribution is 5.78. The van der Waals surface area contributed by atoms with Crippen molar-refractivity contribution in [3.05, 3.63) is 0 Å². The van der Waals surface area contributed by atoms with E-state index >= 15 is 0 Å². The van der Waals surface area contributed by atoms with Gasteiger partial charge in [-0.1, -0.05) is 0 Å². The lowest BCUT2D eigenvalue weighted by Crippen LogP contribution is -2.61. The number of hydrogen-bond donors (Lipinski definition) is 3. The van der Waals surface area contributed by atoms with Crippen molar-refractivity contribution >= 4 is 11.9 Å². The third-order valence-electron chi connectivity index (χ3n) is 8.55. The predicted octanol–water partition coefficient (Wildman–Crippen LogP) is 2.25. The van der Waals surface area contributed by atoms with Crippen LogP contribution in [0.2, 0.25) is 0 Å². The van der Waals surface area contributed by atoms with Crippen LogP contribution in [0.1, 0.15) is 64.2 Å². The van der Waals surface area contributed by atoms with Gasteiger partial charge in [0.15, 0.2) is 0 Å². The summed E-state index contributed by atoms with van der Waals surface area (Å²) in [5.41, 5.74) is 0.478. The molecule has 6 fully saturated rings. The van der Waals surface area contributed by atoms with Crippen molar-refractivity contribution in [2.75, 3.05) is 32.7 Å². The van der Waals surface area contributed by atoms with Crippen molar-refractivity contribution in [2.45, 2.75) is 69.7 Å². The van der Waals surface area contributed by atoms with Crippen LogP contribution >= 0.6 is 0 Å². The zero-order valence-electron chi connectivity index (χ0n) is 17.1. The van der Waals surface area contributed by atoms with Crippen molar-refractivity contribution < 1.29 is 9.59 Å². The first-order valence-electron chi connectivity index (χ1n) is 11.6. The number of likely N-dealkylation sites (tertiary alicyclic amines) is 1. The highest BCUT2D eigenvalue weighted by atomic mass is 16.2. The van der Waals surface area contributed by atoms with Gasteiger partial charge >= 0.3 is 6.03 Å². The van der Waals surface area contributed by atoms with E-state index in [1.165, 1.54) is 25.7 Å². The predicted molar refractivity (Wildman–Crippen MR) is 108 cm³/mol. The molecular formula is C22H36N4O2. The number of nitrogens with one attached hydrogen (secondary N) is 3. The molecule has 6 nitrogen and oxygen atoms in total. The molecule has 0 unspecified atom stereocenters. The number of amides is 3. The third-order valence-corrected chi connectivity index (χ3v) is 8.55. The summed E-state index contributed by atoms with van der Waals surface area (Å²) in [5.74, 6) is 2.66. The van der Waals surface area contributed by atoms with Gasteiger partial charge in [0.2, 0.25) is 5.91 Å². The van der Waals surface area contributed by atoms with Crippen LogP contribution in [0.5, 0.6) is 0 Å². The molecule has 3 amide bonds. The molecule has 4 aliphatic carbocycles. The van der Waals surface area contributed by atoms with Gasteiger partial charge in [0, 0.05) is 38.1 Å². The molecule has 0 radical (unpaired) electrons. The fourth-order valence-corrected chi connectivity index (χ4v) is 7.44. The first kappa shape index (κ1) is 18.7. The summed E-state index contributed by atoms with van der Waals surface area (Å²) >= 11 is 0. The summed E-state index contributed by atoms with van der Waals surface area (Å²) in [5, 5.41) is 9.77. The topological polar surface area (TPSA) is 73.5 Å². The molecule has 0 aromatic carbocycles. The maximum Gasteiger partial charge on any atom is 0.315 e. The van der Waals surface area contributed by atoms with Crippen LogP contribution in [0.15, 0.2) is 0 Å². The number of urea groups is 1. The summed E-state index contributed by atoms with van der Waals surface area (Å²) in [4.78, 5) is 27.0. The van der Waals surface area contributed by atoms with E-state index in [0.29, 0.717) is 18.4 Å². The minimum absolute atomic E-state index is 0.0410. The Morgan fingerprint density at radius 3 is 2.18 bits per heavy atom. The molecule has 28 heavy (non-hydrogen) atoms. The van der Waals surface area contributed by atoms with Gasteiger partial charge in [0.25, 0.3) is 0 Å². The van der Waals surface area contributed by atoms with Gasteiger partial charge in [-0.2, -0.15) is 0 Å². The Hall–Kier alpha value is -1.30. The van der Waals surface area contributed by atoms with Gasteiger partial charge in [-0.05, 0) is 87.5 Å². The highest BCUT2D eigenvalue weighted by Crippen LogP contribution is 2.55. The van der Waals surface area contributed by atoms with Crippen LogP contribution in [0, 0.1) is 23.2 Å². The van der Waals surface area contributed by atoms with E-state index in [-0.39, 0.29) is 17.5 Å². The number of rotatable bonds is 4. The van der Waals surface area contributed by atoms with E-state index in [1.54, 1.807) is 0 Å². The average Bonchev–Trinajstić information content (AvgIpc) is 3.08. The van der Waals surface area contributed by atoms with E-state index in [0.717, 1.165) is 76.0 Å². The van der Waals surface area contributed by atoms with Crippen molar-refractivity contribution in [3.8, 4) is 0 Å². The summed E-state index contributed by atoms with van der Waals surface area (Å²) < 4.78 is 0. The summed E-state index contributed by atoms with van der Waals surface area (Å²) in [7, 11) is 0. The van der Waals surface area contributed by atoms with Crippen LogP contribution in [-0.2, 0) is 4.79 Å². The molecule has 1 spiro atoms. The molecule has 156 valence electrons. The molecule has 2 heterocycles. The number of carbonyl (C=O) groups is 2. The Balaban J connectivity index is 1.04. The Morgan fingerprint density at radius 2 is 1.61 bits per heavy atom. The molecule has 0 aromatic heterocycles. The van der Waals surface area contributed by atoms with Crippen LogP contribution < -0.4 is 16.0 Å². The monoisotopic (exact) mass is 388 g/mol. The molecule has 0 aromatic rings. The van der Waals surface area contributed by atoms with Gasteiger partial charge in [0.1, 0.15) is 0 Å². The van der Waals surface area contributed by atoms with Gasteiger partial charge < -0.3 is 20.9 Å². The molecule has 0 atom stereocenters. The summed E-state index contributed by atoms with van der Waals surface area (Å²) in [6, 6.07) is -0.0654. The van der Waals surface area contributed by atoms with E-state index < -0.39 is 0 Å².